The van der Waals surface area contributed by atoms with Crippen LogP contribution in [0.4, 0.5) is 0 Å². The van der Waals surface area contributed by atoms with Crippen molar-refractivity contribution in [1.82, 2.24) is 20.1 Å². The van der Waals surface area contributed by atoms with E-state index in [1.807, 2.05) is 0 Å². The molecule has 0 radical (unpaired) electrons. The van der Waals surface area contributed by atoms with E-state index in [-0.39, 0.29) is 11.2 Å². The van der Waals surface area contributed by atoms with Gasteiger partial charge in [-0.1, -0.05) is 18.2 Å². The van der Waals surface area contributed by atoms with Crippen LogP contribution in [0.1, 0.15) is 50.8 Å². The number of carbonyl (C=O) groups is 1. The normalized spacial score (nSPS) is 24.1. The number of aromatic nitrogens is 3. The SMILES string of the molecule is CCn1c(S[C@H]2CCCCNC2=O)nnc1C1CC1. The van der Waals surface area contributed by atoms with E-state index in [1.165, 1.54) is 12.8 Å². The minimum Gasteiger partial charge on any atom is -0.355 e. The van der Waals surface area contributed by atoms with Crippen LogP contribution in [0, 0.1) is 0 Å². The molecule has 3 rings (SSSR count). The molecule has 6 heteroatoms. The Kier molecular flexibility index (Phi) is 3.77. The van der Waals surface area contributed by atoms with E-state index in [4.69, 9.17) is 0 Å². The summed E-state index contributed by atoms with van der Waals surface area (Å²) in [5.41, 5.74) is 0. The number of hydrogen-bond donors (Lipinski definition) is 1. The first-order valence-electron chi connectivity index (χ1n) is 7.17. The maximum Gasteiger partial charge on any atom is 0.233 e. The quantitative estimate of drug-likeness (QED) is 0.915. The Morgan fingerprint density at radius 1 is 1.32 bits per heavy atom. The van der Waals surface area contributed by atoms with Crippen LogP contribution in [0.25, 0.3) is 0 Å². The van der Waals surface area contributed by atoms with E-state index >= 15 is 0 Å². The van der Waals surface area contributed by atoms with Gasteiger partial charge < -0.3 is 9.88 Å². The van der Waals surface area contributed by atoms with Gasteiger partial charge in [0.15, 0.2) is 5.16 Å². The summed E-state index contributed by atoms with van der Waals surface area (Å²) >= 11 is 1.58. The summed E-state index contributed by atoms with van der Waals surface area (Å²) in [6.07, 6.45) is 5.58. The third kappa shape index (κ3) is 2.78. The minimum absolute atomic E-state index is 0.0101. The van der Waals surface area contributed by atoms with E-state index in [9.17, 15) is 4.79 Å². The fourth-order valence-electron chi connectivity index (χ4n) is 2.48. The fourth-order valence-corrected chi connectivity index (χ4v) is 3.65. The molecule has 0 spiro atoms. The zero-order valence-corrected chi connectivity index (χ0v) is 12.1. The largest absolute Gasteiger partial charge is 0.355 e. The van der Waals surface area contributed by atoms with Crippen molar-refractivity contribution in [3.63, 3.8) is 0 Å². The van der Waals surface area contributed by atoms with Gasteiger partial charge in [-0.25, -0.2) is 0 Å². The van der Waals surface area contributed by atoms with Crippen LogP contribution in [0.15, 0.2) is 5.16 Å². The summed E-state index contributed by atoms with van der Waals surface area (Å²) < 4.78 is 2.18. The summed E-state index contributed by atoms with van der Waals surface area (Å²) in [6.45, 7) is 3.81. The van der Waals surface area contributed by atoms with Crippen molar-refractivity contribution in [3.8, 4) is 0 Å². The van der Waals surface area contributed by atoms with Crippen molar-refractivity contribution in [2.45, 2.75) is 61.9 Å². The molecule has 5 nitrogen and oxygen atoms in total. The number of thioether (sulfide) groups is 1. The molecular weight excluding hydrogens is 260 g/mol. The Hall–Kier alpha value is -1.04. The highest BCUT2D eigenvalue weighted by Gasteiger charge is 2.31. The molecule has 0 unspecified atom stereocenters. The number of amides is 1. The Bertz CT molecular complexity index is 469. The topological polar surface area (TPSA) is 59.8 Å². The highest BCUT2D eigenvalue weighted by atomic mass is 32.2. The highest BCUT2D eigenvalue weighted by Crippen LogP contribution is 2.40. The number of rotatable bonds is 4. The first-order chi connectivity index (χ1) is 9.29. The third-order valence-corrected chi connectivity index (χ3v) is 4.98. The van der Waals surface area contributed by atoms with Gasteiger partial charge >= 0.3 is 0 Å². The molecule has 2 fully saturated rings. The van der Waals surface area contributed by atoms with Crippen LogP contribution >= 0.6 is 11.8 Å². The Balaban J connectivity index is 1.76. The molecule has 1 aromatic heterocycles. The molecule has 19 heavy (non-hydrogen) atoms. The van der Waals surface area contributed by atoms with Crippen LogP contribution in [-0.4, -0.2) is 32.5 Å². The highest BCUT2D eigenvalue weighted by molar-refractivity contribution is 8.00. The van der Waals surface area contributed by atoms with Crippen LogP contribution in [0.2, 0.25) is 0 Å². The van der Waals surface area contributed by atoms with Crippen molar-refractivity contribution < 1.29 is 4.79 Å². The van der Waals surface area contributed by atoms with Crippen molar-refractivity contribution >= 4 is 17.7 Å². The predicted octanol–water partition coefficient (Wildman–Crippen LogP) is 1.94. The van der Waals surface area contributed by atoms with Gasteiger partial charge in [0.1, 0.15) is 5.82 Å². The van der Waals surface area contributed by atoms with E-state index < -0.39 is 0 Å². The summed E-state index contributed by atoms with van der Waals surface area (Å²) in [6, 6.07) is 0. The van der Waals surface area contributed by atoms with Gasteiger partial charge in [-0.05, 0) is 32.6 Å². The molecule has 1 saturated heterocycles. The van der Waals surface area contributed by atoms with Crippen molar-refractivity contribution in [3.05, 3.63) is 5.82 Å². The van der Waals surface area contributed by atoms with E-state index in [0.717, 1.165) is 43.3 Å². The van der Waals surface area contributed by atoms with Crippen molar-refractivity contribution in [1.29, 1.82) is 0 Å². The fraction of sp³-hybridized carbons (Fsp3) is 0.769. The molecule has 1 N–H and O–H groups in total. The molecule has 1 saturated carbocycles. The second kappa shape index (κ2) is 5.53. The maximum absolute atomic E-state index is 12.0. The average molecular weight is 280 g/mol. The molecule has 1 aromatic rings. The second-order valence-electron chi connectivity index (χ2n) is 5.25. The standard InChI is InChI=1S/C13H20N4OS/c1-2-17-11(9-6-7-9)15-16-13(17)19-10-5-3-4-8-14-12(10)18/h9-10H,2-8H2,1H3,(H,14,18)/t10-/m0/s1. The first kappa shape index (κ1) is 13.0. The van der Waals surface area contributed by atoms with Gasteiger partial charge in [-0.3, -0.25) is 4.79 Å². The van der Waals surface area contributed by atoms with Gasteiger partial charge in [0.05, 0.1) is 5.25 Å². The Morgan fingerprint density at radius 2 is 2.16 bits per heavy atom. The maximum atomic E-state index is 12.0. The molecule has 0 aromatic carbocycles. The van der Waals surface area contributed by atoms with Crippen molar-refractivity contribution in [2.75, 3.05) is 6.54 Å². The number of carbonyl (C=O) groups excluding carboxylic acids is 1. The third-order valence-electron chi connectivity index (χ3n) is 3.74. The van der Waals surface area contributed by atoms with Gasteiger partial charge in [0, 0.05) is 19.0 Å². The van der Waals surface area contributed by atoms with E-state index in [0.29, 0.717) is 5.92 Å². The minimum atomic E-state index is -0.0101. The molecule has 0 bridgehead atoms. The van der Waals surface area contributed by atoms with Crippen LogP contribution < -0.4 is 5.32 Å². The van der Waals surface area contributed by atoms with Crippen molar-refractivity contribution in [2.24, 2.45) is 0 Å². The lowest BCUT2D eigenvalue weighted by Gasteiger charge is -2.13. The lowest BCUT2D eigenvalue weighted by Crippen LogP contribution is -2.30. The average Bonchev–Trinajstić information content (AvgIpc) is 3.19. The molecule has 2 heterocycles. The second-order valence-corrected chi connectivity index (χ2v) is 6.42. The van der Waals surface area contributed by atoms with E-state index in [2.05, 4.69) is 27.0 Å². The number of hydrogen-bond acceptors (Lipinski definition) is 4. The summed E-state index contributed by atoms with van der Waals surface area (Å²) in [5.74, 6) is 1.87. The lowest BCUT2D eigenvalue weighted by atomic mass is 10.2. The van der Waals surface area contributed by atoms with Gasteiger partial charge in [-0.15, -0.1) is 10.2 Å². The zero-order valence-electron chi connectivity index (χ0n) is 11.3. The molecular formula is C13H20N4OS. The lowest BCUT2D eigenvalue weighted by molar-refractivity contribution is -0.120. The molecule has 2 aliphatic rings. The zero-order chi connectivity index (χ0) is 13.2. The number of nitrogens with one attached hydrogen (secondary N) is 1. The summed E-state index contributed by atoms with van der Waals surface area (Å²) in [5, 5.41) is 12.5. The molecule has 1 aliphatic heterocycles. The van der Waals surface area contributed by atoms with Gasteiger partial charge in [-0.2, -0.15) is 0 Å². The Morgan fingerprint density at radius 3 is 2.89 bits per heavy atom. The van der Waals surface area contributed by atoms with Crippen LogP contribution in [0.5, 0.6) is 0 Å². The van der Waals surface area contributed by atoms with E-state index in [1.54, 1.807) is 11.8 Å². The molecule has 1 amide bonds. The smallest absolute Gasteiger partial charge is 0.233 e. The Labute approximate surface area is 117 Å². The molecule has 104 valence electrons. The van der Waals surface area contributed by atoms with Gasteiger partial charge in [0.2, 0.25) is 5.91 Å². The number of nitrogens with zero attached hydrogens (tertiary/aromatic N) is 3. The molecule has 1 aliphatic carbocycles. The first-order valence-corrected chi connectivity index (χ1v) is 8.05. The monoisotopic (exact) mass is 280 g/mol. The van der Waals surface area contributed by atoms with Crippen LogP contribution in [-0.2, 0) is 11.3 Å². The summed E-state index contributed by atoms with van der Waals surface area (Å²) in [7, 11) is 0. The predicted molar refractivity (Wildman–Crippen MR) is 74.2 cm³/mol. The molecule has 1 atom stereocenters. The van der Waals surface area contributed by atoms with Crippen LogP contribution in [0.3, 0.4) is 0 Å². The summed E-state index contributed by atoms with van der Waals surface area (Å²) in [4.78, 5) is 12.0. The van der Waals surface area contributed by atoms with Gasteiger partial charge in [0.25, 0.3) is 0 Å².